The van der Waals surface area contributed by atoms with Crippen LogP contribution >= 0.6 is 0 Å². The molecule has 4 aliphatic rings. The number of fused-ring (bicyclic) bond motifs is 1. The Kier molecular flexibility index (Phi) is 10.8. The summed E-state index contributed by atoms with van der Waals surface area (Å²) in [5.41, 5.74) is 3.87. The fourth-order valence-electron chi connectivity index (χ4n) is 8.65. The molecule has 45 heavy (non-hydrogen) atoms. The zero-order valence-electron chi connectivity index (χ0n) is 32.5. The van der Waals surface area contributed by atoms with Crippen LogP contribution in [-0.4, -0.2) is 41.1 Å². The molecule has 0 aromatic carbocycles. The standard InChI is InChI=1S/C40H74O3Si2/c1-29(18-16-24-36(2,3)4)32-22-23-33-31(19-17-25-39(32,33)11)21-20-30-26-34(42-44(12,13)37(5,6)7)40(28-41-40)35(27-30)43-45(14,15)38(8,9)10/h20-21,29,32-35H,16-19,22-28H2,1-15H3/b30-20?,31-21+/t29-,32?,33?,34+,35+,39?,40?/m0/s1. The fourth-order valence-corrected chi connectivity index (χ4v) is 11.3. The molecule has 0 amide bonds. The van der Waals surface area contributed by atoms with Gasteiger partial charge in [-0.15, -0.1) is 0 Å². The summed E-state index contributed by atoms with van der Waals surface area (Å²) in [5, 5.41) is 0.329. The highest BCUT2D eigenvalue weighted by atomic mass is 28.4. The van der Waals surface area contributed by atoms with Gasteiger partial charge in [-0.05, 0) is 116 Å². The van der Waals surface area contributed by atoms with Gasteiger partial charge in [-0.2, -0.15) is 0 Å². The molecule has 6 atom stereocenters. The summed E-state index contributed by atoms with van der Waals surface area (Å²) in [6.45, 7) is 36.9. The maximum absolute atomic E-state index is 7.24. The van der Waals surface area contributed by atoms with Gasteiger partial charge in [0.15, 0.2) is 16.6 Å². The first kappa shape index (κ1) is 37.6. The summed E-state index contributed by atoms with van der Waals surface area (Å²) in [6, 6.07) is 0. The van der Waals surface area contributed by atoms with E-state index in [2.05, 4.69) is 115 Å². The van der Waals surface area contributed by atoms with Crippen molar-refractivity contribution < 1.29 is 13.6 Å². The van der Waals surface area contributed by atoms with Crippen LogP contribution in [0.1, 0.15) is 140 Å². The van der Waals surface area contributed by atoms with E-state index in [1.807, 2.05) is 0 Å². The van der Waals surface area contributed by atoms with Crippen molar-refractivity contribution in [3.05, 3.63) is 23.3 Å². The molecule has 1 saturated heterocycles. The van der Waals surface area contributed by atoms with Crippen LogP contribution in [0.4, 0.5) is 0 Å². The van der Waals surface area contributed by atoms with Crippen LogP contribution in [0.15, 0.2) is 23.3 Å². The SMILES string of the molecule is C[C@@H](CCCC(C)(C)C)C1CCC2/C(=C/C=C3C[C@@H](O[Si](C)(C)C(C)(C)C)C4(CO4)[C@H](O[Si](C)(C)C(C)(C)C)C3)CCCC21C. The van der Waals surface area contributed by atoms with Gasteiger partial charge in [-0.25, -0.2) is 0 Å². The third-order valence-electron chi connectivity index (χ3n) is 13.8. The molecule has 1 heterocycles. The summed E-state index contributed by atoms with van der Waals surface area (Å²) in [5.74, 6) is 2.44. The first-order valence-corrected chi connectivity index (χ1v) is 24.6. The highest BCUT2D eigenvalue weighted by molar-refractivity contribution is 6.74. The van der Waals surface area contributed by atoms with Crippen LogP contribution in [0, 0.1) is 28.6 Å². The second-order valence-electron chi connectivity index (χ2n) is 20.5. The topological polar surface area (TPSA) is 31.0 Å². The van der Waals surface area contributed by atoms with E-state index in [-0.39, 0.29) is 27.9 Å². The Morgan fingerprint density at radius 3 is 1.87 bits per heavy atom. The Hall–Kier alpha value is -0.206. The van der Waals surface area contributed by atoms with Gasteiger partial charge in [0.25, 0.3) is 0 Å². The monoisotopic (exact) mass is 659 g/mol. The van der Waals surface area contributed by atoms with Crippen molar-refractivity contribution in [2.45, 2.75) is 194 Å². The lowest BCUT2D eigenvalue weighted by atomic mass is 9.60. The Balaban J connectivity index is 1.58. The average Bonchev–Trinajstić information content (AvgIpc) is 3.58. The van der Waals surface area contributed by atoms with Crippen LogP contribution < -0.4 is 0 Å². The molecule has 0 aromatic heterocycles. The van der Waals surface area contributed by atoms with E-state index in [9.17, 15) is 0 Å². The van der Waals surface area contributed by atoms with Gasteiger partial charge in [0.05, 0.1) is 18.8 Å². The number of rotatable bonds is 9. The number of hydrogen-bond donors (Lipinski definition) is 0. The predicted octanol–water partition coefficient (Wildman–Crippen LogP) is 12.3. The minimum atomic E-state index is -1.98. The maximum Gasteiger partial charge on any atom is 0.192 e. The molecular weight excluding hydrogens is 585 g/mol. The first-order valence-electron chi connectivity index (χ1n) is 18.8. The van der Waals surface area contributed by atoms with Crippen molar-refractivity contribution in [3.8, 4) is 0 Å². The van der Waals surface area contributed by atoms with Crippen molar-refractivity contribution in [3.63, 3.8) is 0 Å². The van der Waals surface area contributed by atoms with Crippen molar-refractivity contribution >= 4 is 16.6 Å². The van der Waals surface area contributed by atoms with Crippen LogP contribution in [0.2, 0.25) is 36.3 Å². The lowest BCUT2D eigenvalue weighted by Gasteiger charge is -2.48. The number of ether oxygens (including phenoxy) is 1. The minimum absolute atomic E-state index is 0.0768. The number of hydrogen-bond acceptors (Lipinski definition) is 3. The highest BCUT2D eigenvalue weighted by Gasteiger charge is 2.63. The summed E-state index contributed by atoms with van der Waals surface area (Å²) in [7, 11) is -3.97. The Morgan fingerprint density at radius 2 is 1.40 bits per heavy atom. The van der Waals surface area contributed by atoms with E-state index >= 15 is 0 Å². The van der Waals surface area contributed by atoms with Crippen molar-refractivity contribution in [1.29, 1.82) is 0 Å². The molecule has 0 radical (unpaired) electrons. The molecule has 5 heteroatoms. The highest BCUT2D eigenvalue weighted by Crippen LogP contribution is 2.60. The maximum atomic E-state index is 7.24. The molecule has 0 bridgehead atoms. The third-order valence-corrected chi connectivity index (χ3v) is 22.8. The minimum Gasteiger partial charge on any atom is -0.410 e. The quantitative estimate of drug-likeness (QED) is 0.182. The van der Waals surface area contributed by atoms with Gasteiger partial charge >= 0.3 is 0 Å². The van der Waals surface area contributed by atoms with Crippen LogP contribution in [-0.2, 0) is 13.6 Å². The predicted molar refractivity (Wildman–Crippen MR) is 199 cm³/mol. The zero-order chi connectivity index (χ0) is 33.9. The van der Waals surface area contributed by atoms with Crippen LogP contribution in [0.5, 0.6) is 0 Å². The van der Waals surface area contributed by atoms with E-state index in [4.69, 9.17) is 13.6 Å². The zero-order valence-corrected chi connectivity index (χ0v) is 34.5. The van der Waals surface area contributed by atoms with Gasteiger partial charge in [0.2, 0.25) is 0 Å². The molecule has 1 spiro atoms. The molecule has 4 fully saturated rings. The second-order valence-corrected chi connectivity index (χ2v) is 30.0. The third kappa shape index (κ3) is 8.16. The molecule has 0 N–H and O–H groups in total. The summed E-state index contributed by atoms with van der Waals surface area (Å²) in [4.78, 5) is 0. The van der Waals surface area contributed by atoms with Gasteiger partial charge in [0.1, 0.15) is 5.60 Å². The van der Waals surface area contributed by atoms with Gasteiger partial charge in [-0.3, -0.25) is 0 Å². The van der Waals surface area contributed by atoms with E-state index in [0.29, 0.717) is 10.8 Å². The Bertz CT molecular complexity index is 1050. The molecule has 260 valence electrons. The smallest absolute Gasteiger partial charge is 0.192 e. The number of epoxide rings is 1. The van der Waals surface area contributed by atoms with E-state index in [1.165, 1.54) is 56.9 Å². The van der Waals surface area contributed by atoms with Gasteiger partial charge in [-0.1, -0.05) is 112 Å². The normalized spacial score (nSPS) is 34.7. The average molecular weight is 659 g/mol. The van der Waals surface area contributed by atoms with E-state index in [1.54, 1.807) is 5.57 Å². The van der Waals surface area contributed by atoms with Crippen molar-refractivity contribution in [1.82, 2.24) is 0 Å². The molecule has 3 saturated carbocycles. The molecule has 0 aromatic rings. The molecule has 1 aliphatic heterocycles. The van der Waals surface area contributed by atoms with Crippen molar-refractivity contribution in [2.24, 2.45) is 28.6 Å². The summed E-state index contributed by atoms with van der Waals surface area (Å²) < 4.78 is 20.9. The second kappa shape index (κ2) is 12.9. The summed E-state index contributed by atoms with van der Waals surface area (Å²) >= 11 is 0. The molecule has 3 nitrogen and oxygen atoms in total. The lowest BCUT2D eigenvalue weighted by molar-refractivity contribution is -0.0172. The molecule has 4 rings (SSSR count). The molecular formula is C40H74O3Si2. The number of allylic oxidation sites excluding steroid dienone is 3. The van der Waals surface area contributed by atoms with E-state index in [0.717, 1.165) is 37.2 Å². The first-order chi connectivity index (χ1) is 20.4. The van der Waals surface area contributed by atoms with Gasteiger partial charge in [0, 0.05) is 0 Å². The Morgan fingerprint density at radius 1 is 0.867 bits per heavy atom. The Labute approximate surface area is 282 Å². The van der Waals surface area contributed by atoms with Crippen molar-refractivity contribution in [2.75, 3.05) is 6.61 Å². The van der Waals surface area contributed by atoms with Gasteiger partial charge < -0.3 is 13.6 Å². The van der Waals surface area contributed by atoms with Crippen LogP contribution in [0.3, 0.4) is 0 Å². The molecule has 3 aliphatic carbocycles. The van der Waals surface area contributed by atoms with E-state index < -0.39 is 16.6 Å². The largest absolute Gasteiger partial charge is 0.410 e. The molecule has 3 unspecified atom stereocenters. The van der Waals surface area contributed by atoms with Crippen LogP contribution in [0.25, 0.3) is 0 Å². The summed E-state index contributed by atoms with van der Waals surface area (Å²) in [6.07, 6.45) is 18.1. The fraction of sp³-hybridized carbons (Fsp3) is 0.900. The lowest BCUT2D eigenvalue weighted by Crippen LogP contribution is -2.57.